The van der Waals surface area contributed by atoms with E-state index in [0.29, 0.717) is 0 Å². The van der Waals surface area contributed by atoms with Crippen LogP contribution in [0.1, 0.15) is 60.8 Å². The Bertz CT molecular complexity index is 1320. The number of rotatable bonds is 3. The number of fused-ring (bicyclic) bond motifs is 3. The van der Waals surface area contributed by atoms with Crippen molar-refractivity contribution < 1.29 is 24.2 Å². The molecule has 0 bridgehead atoms. The van der Waals surface area contributed by atoms with Gasteiger partial charge in [0.15, 0.2) is 0 Å². The SMILES string of the molecule is Cl.Cl.[C-]1=CC(C2CCCCC2)=CC1.[Zr+2]=[C](c1ccccc1)c1ccccc1.[c-]1cccc2c1Cc1ccccc1-2. The number of benzene rings is 4. The Hall–Kier alpha value is -2.31. The second-order valence-corrected chi connectivity index (χ2v) is 11.3. The molecule has 3 heteroatoms. The Kier molecular flexibility index (Phi) is 13.6. The van der Waals surface area contributed by atoms with E-state index < -0.39 is 0 Å². The maximum Gasteiger partial charge on any atom is -0.0253 e. The van der Waals surface area contributed by atoms with Crippen LogP contribution in [0.5, 0.6) is 0 Å². The van der Waals surface area contributed by atoms with E-state index in [4.69, 9.17) is 0 Å². The predicted molar refractivity (Wildman–Crippen MR) is 171 cm³/mol. The van der Waals surface area contributed by atoms with Crippen LogP contribution in [-0.4, -0.2) is 3.21 Å². The van der Waals surface area contributed by atoms with Crippen molar-refractivity contribution in [2.24, 2.45) is 5.92 Å². The molecule has 40 heavy (non-hydrogen) atoms. The van der Waals surface area contributed by atoms with Crippen LogP contribution in [0.25, 0.3) is 11.1 Å². The minimum Gasteiger partial charge on any atom is -0.179 e. The van der Waals surface area contributed by atoms with Gasteiger partial charge in [-0.15, -0.1) is 36.8 Å². The van der Waals surface area contributed by atoms with E-state index >= 15 is 0 Å². The summed E-state index contributed by atoms with van der Waals surface area (Å²) >= 11 is 1.46. The molecule has 1 fully saturated rings. The predicted octanol–water partition coefficient (Wildman–Crippen LogP) is 9.96. The Morgan fingerprint density at radius 3 is 1.90 bits per heavy atom. The summed E-state index contributed by atoms with van der Waals surface area (Å²) in [6, 6.07) is 39.2. The smallest absolute Gasteiger partial charge is 0.0253 e. The molecular formula is C37H36Cl2Zr. The molecule has 0 atom stereocenters. The summed E-state index contributed by atoms with van der Waals surface area (Å²) in [5.41, 5.74) is 9.75. The van der Waals surface area contributed by atoms with Gasteiger partial charge in [0.05, 0.1) is 0 Å². The summed E-state index contributed by atoms with van der Waals surface area (Å²) < 4.78 is 1.42. The van der Waals surface area contributed by atoms with Gasteiger partial charge in [-0.05, 0) is 6.42 Å². The molecule has 0 radical (unpaired) electrons. The maximum absolute atomic E-state index is 3.30. The average Bonchev–Trinajstić information content (AvgIpc) is 3.68. The average molecular weight is 643 g/mol. The van der Waals surface area contributed by atoms with Crippen molar-refractivity contribution in [3.05, 3.63) is 155 Å². The molecule has 4 aromatic carbocycles. The van der Waals surface area contributed by atoms with E-state index in [2.05, 4.69) is 121 Å². The van der Waals surface area contributed by atoms with E-state index in [1.54, 1.807) is 5.57 Å². The van der Waals surface area contributed by atoms with E-state index in [0.717, 1.165) is 18.8 Å². The molecule has 3 aliphatic carbocycles. The van der Waals surface area contributed by atoms with Gasteiger partial charge < -0.3 is 0 Å². The zero-order valence-corrected chi connectivity index (χ0v) is 26.9. The van der Waals surface area contributed by atoms with Crippen molar-refractivity contribution in [2.45, 2.75) is 44.9 Å². The second kappa shape index (κ2) is 16.8. The standard InChI is InChI=1S/C13H9.C13H10.C11H15.2ClH.Zr/c1-3-7-12-10(5-1)9-11-6-2-4-8-13(11)12;1-3-7-12(8-4-1)11-13-9-5-2-6-10-13;1-2-6-10(7-3-1)11-8-4-5-9-11;;;/h1-5,7-8H,9H2;1-10H;8-10H,1-4,6-7H2;2*1H;/q-1;;-1;;;+2. The number of allylic oxidation sites excluding steroid dienone is 4. The van der Waals surface area contributed by atoms with Crippen LogP contribution < -0.4 is 0 Å². The molecule has 0 amide bonds. The monoisotopic (exact) mass is 640 g/mol. The van der Waals surface area contributed by atoms with E-state index in [-0.39, 0.29) is 24.8 Å². The topological polar surface area (TPSA) is 0 Å². The molecule has 0 aromatic heterocycles. The van der Waals surface area contributed by atoms with Crippen LogP contribution in [0.15, 0.2) is 121 Å². The minimum atomic E-state index is 0. The quantitative estimate of drug-likeness (QED) is 0.172. The van der Waals surface area contributed by atoms with Crippen molar-refractivity contribution in [1.82, 2.24) is 0 Å². The molecule has 0 aliphatic heterocycles. The second-order valence-electron chi connectivity index (χ2n) is 10.1. The van der Waals surface area contributed by atoms with Crippen LogP contribution in [0.2, 0.25) is 0 Å². The summed E-state index contributed by atoms with van der Waals surface area (Å²) in [6.45, 7) is 0. The molecule has 3 aliphatic rings. The first kappa shape index (κ1) is 32.2. The third-order valence-electron chi connectivity index (χ3n) is 7.54. The van der Waals surface area contributed by atoms with E-state index in [1.165, 1.54) is 92.9 Å². The van der Waals surface area contributed by atoms with Gasteiger partial charge in [-0.25, -0.2) is 6.08 Å². The number of halogens is 2. The third-order valence-corrected chi connectivity index (χ3v) is 8.96. The summed E-state index contributed by atoms with van der Waals surface area (Å²) in [4.78, 5) is 0. The van der Waals surface area contributed by atoms with Crippen LogP contribution in [0, 0.1) is 18.1 Å². The number of hydrogen-bond acceptors (Lipinski definition) is 0. The van der Waals surface area contributed by atoms with Crippen molar-refractivity contribution in [2.75, 3.05) is 0 Å². The molecule has 4 aromatic rings. The molecule has 7 rings (SSSR count). The van der Waals surface area contributed by atoms with Crippen LogP contribution in [-0.2, 0) is 30.7 Å². The zero-order chi connectivity index (χ0) is 26.0. The Balaban J connectivity index is 0.000000162. The molecule has 0 unspecified atom stereocenters. The minimum absolute atomic E-state index is 0. The van der Waals surface area contributed by atoms with Gasteiger partial charge in [-0.2, -0.15) is 41.5 Å². The van der Waals surface area contributed by atoms with E-state index in [1.807, 2.05) is 6.07 Å². The first-order valence-electron chi connectivity index (χ1n) is 13.8. The molecule has 0 spiro atoms. The molecule has 0 saturated heterocycles. The molecule has 0 nitrogen and oxygen atoms in total. The summed E-state index contributed by atoms with van der Waals surface area (Å²) in [5, 5.41) is 0. The zero-order valence-electron chi connectivity index (χ0n) is 22.8. The van der Waals surface area contributed by atoms with Gasteiger partial charge in [0.25, 0.3) is 0 Å². The van der Waals surface area contributed by atoms with Gasteiger partial charge in [0, 0.05) is 0 Å². The van der Waals surface area contributed by atoms with Crippen molar-refractivity contribution >= 4 is 28.0 Å². The first-order chi connectivity index (χ1) is 18.8. The maximum atomic E-state index is 3.30. The Morgan fingerprint density at radius 2 is 1.27 bits per heavy atom. The molecule has 0 heterocycles. The van der Waals surface area contributed by atoms with Gasteiger partial charge in [0.1, 0.15) is 0 Å². The fraction of sp³-hybridized carbons (Fsp3) is 0.216. The fourth-order valence-corrected chi connectivity index (χ4v) is 6.33. The largest absolute Gasteiger partial charge is 0.179 e. The third kappa shape index (κ3) is 8.60. The fourth-order valence-electron chi connectivity index (χ4n) is 5.51. The summed E-state index contributed by atoms with van der Waals surface area (Å²) in [5.74, 6) is 0.888. The molecule has 202 valence electrons. The van der Waals surface area contributed by atoms with Gasteiger partial charge in [-0.3, -0.25) is 6.08 Å². The molecule has 0 N–H and O–H groups in total. The molecular weight excluding hydrogens is 607 g/mol. The van der Waals surface area contributed by atoms with Gasteiger partial charge >= 0.3 is 99.2 Å². The summed E-state index contributed by atoms with van der Waals surface area (Å²) in [7, 11) is 0. The number of hydrogen-bond donors (Lipinski definition) is 0. The Labute approximate surface area is 267 Å². The van der Waals surface area contributed by atoms with Crippen LogP contribution >= 0.6 is 24.8 Å². The van der Waals surface area contributed by atoms with Gasteiger partial charge in [-0.1, -0.05) is 73.4 Å². The summed E-state index contributed by atoms with van der Waals surface area (Å²) in [6.07, 6.45) is 17.1. The van der Waals surface area contributed by atoms with Crippen molar-refractivity contribution in [1.29, 1.82) is 0 Å². The normalized spacial score (nSPS) is 14.5. The van der Waals surface area contributed by atoms with Crippen molar-refractivity contribution in [3.8, 4) is 11.1 Å². The molecule has 1 saturated carbocycles. The van der Waals surface area contributed by atoms with Crippen LogP contribution in [0.4, 0.5) is 0 Å². The first-order valence-corrected chi connectivity index (χ1v) is 15.1. The van der Waals surface area contributed by atoms with Gasteiger partial charge in [0.2, 0.25) is 0 Å². The van der Waals surface area contributed by atoms with Crippen molar-refractivity contribution in [3.63, 3.8) is 0 Å². The van der Waals surface area contributed by atoms with Crippen LogP contribution in [0.3, 0.4) is 0 Å². The Morgan fingerprint density at radius 1 is 0.675 bits per heavy atom. The van der Waals surface area contributed by atoms with E-state index in [9.17, 15) is 0 Å².